The zero-order valence-electron chi connectivity index (χ0n) is 16.0. The molecule has 0 unspecified atom stereocenters. The van der Waals surface area contributed by atoms with E-state index in [9.17, 15) is 15.3 Å². The Bertz CT molecular complexity index is 918. The number of hydrogen-bond donors (Lipinski definition) is 3. The molecule has 3 heterocycles. The number of thiophene rings is 1. The minimum absolute atomic E-state index is 0.160. The summed E-state index contributed by atoms with van der Waals surface area (Å²) in [6.45, 7) is 3.64. The Kier molecular flexibility index (Phi) is 7.55. The molecule has 0 aromatic carbocycles. The summed E-state index contributed by atoms with van der Waals surface area (Å²) in [6, 6.07) is 12.9. The van der Waals surface area contributed by atoms with Gasteiger partial charge in [0.1, 0.15) is 18.1 Å². The molecule has 0 aliphatic carbocycles. The van der Waals surface area contributed by atoms with Gasteiger partial charge in [0.2, 0.25) is 0 Å². The standard InChI is InChI=1S/C23H25NO4S/c1-2-19(23(27)22-7-5-13-29-22)21(26)11-8-16(20-6-3-4-12-24-20)14-17-9-10-18(15-25)28-17/h2-7,9-10,12-14,19,21,23,25-27H,1,8,11,15H2/b16-14-/t19-,21-,23+/m1/s1. The first-order valence-electron chi connectivity index (χ1n) is 9.46. The molecule has 0 fully saturated rings. The van der Waals surface area contributed by atoms with Crippen molar-refractivity contribution in [2.24, 2.45) is 5.92 Å². The Morgan fingerprint density at radius 3 is 2.66 bits per heavy atom. The van der Waals surface area contributed by atoms with Gasteiger partial charge >= 0.3 is 0 Å². The number of pyridine rings is 1. The Morgan fingerprint density at radius 1 is 1.17 bits per heavy atom. The number of allylic oxidation sites excluding steroid dienone is 1. The van der Waals surface area contributed by atoms with E-state index >= 15 is 0 Å². The monoisotopic (exact) mass is 411 g/mol. The summed E-state index contributed by atoms with van der Waals surface area (Å²) >= 11 is 1.46. The van der Waals surface area contributed by atoms with Crippen molar-refractivity contribution >= 4 is 23.0 Å². The summed E-state index contributed by atoms with van der Waals surface area (Å²) in [6.07, 6.45) is 4.60. The molecule has 3 N–H and O–H groups in total. The molecule has 3 rings (SSSR count). The van der Waals surface area contributed by atoms with E-state index in [2.05, 4.69) is 11.6 Å². The molecular weight excluding hydrogens is 386 g/mol. The van der Waals surface area contributed by atoms with E-state index in [1.807, 2.05) is 41.8 Å². The van der Waals surface area contributed by atoms with Crippen molar-refractivity contribution in [3.63, 3.8) is 0 Å². The van der Waals surface area contributed by atoms with Gasteiger partial charge < -0.3 is 19.7 Å². The van der Waals surface area contributed by atoms with E-state index in [1.165, 1.54) is 11.3 Å². The van der Waals surface area contributed by atoms with Gasteiger partial charge in [-0.25, -0.2) is 0 Å². The fraction of sp³-hybridized carbons (Fsp3) is 0.261. The molecule has 0 bridgehead atoms. The van der Waals surface area contributed by atoms with Gasteiger partial charge in [0.05, 0.1) is 17.9 Å². The molecule has 0 radical (unpaired) electrons. The van der Waals surface area contributed by atoms with Crippen LogP contribution >= 0.6 is 11.3 Å². The number of aliphatic hydroxyl groups excluding tert-OH is 3. The van der Waals surface area contributed by atoms with E-state index in [0.29, 0.717) is 24.4 Å². The van der Waals surface area contributed by atoms with Crippen molar-refractivity contribution in [3.05, 3.63) is 88.8 Å². The van der Waals surface area contributed by atoms with E-state index in [-0.39, 0.29) is 6.61 Å². The lowest BCUT2D eigenvalue weighted by Crippen LogP contribution is -2.24. The largest absolute Gasteiger partial charge is 0.459 e. The molecular formula is C23H25NO4S. The van der Waals surface area contributed by atoms with Crippen molar-refractivity contribution in [3.8, 4) is 0 Å². The Balaban J connectivity index is 1.76. The van der Waals surface area contributed by atoms with Crippen LogP contribution in [0.2, 0.25) is 0 Å². The first-order valence-corrected chi connectivity index (χ1v) is 10.3. The van der Waals surface area contributed by atoms with E-state index < -0.39 is 18.1 Å². The lowest BCUT2D eigenvalue weighted by molar-refractivity contribution is 0.0343. The van der Waals surface area contributed by atoms with Crippen molar-refractivity contribution in [2.75, 3.05) is 0 Å². The summed E-state index contributed by atoms with van der Waals surface area (Å²) in [5.41, 5.74) is 1.69. The molecule has 5 nitrogen and oxygen atoms in total. The average Bonchev–Trinajstić information content (AvgIpc) is 3.44. The summed E-state index contributed by atoms with van der Waals surface area (Å²) in [5.74, 6) is 0.633. The van der Waals surface area contributed by atoms with E-state index in [1.54, 1.807) is 24.4 Å². The molecule has 152 valence electrons. The predicted octanol–water partition coefficient (Wildman–Crippen LogP) is 4.45. The molecule has 0 aliphatic rings. The number of hydrogen-bond acceptors (Lipinski definition) is 6. The summed E-state index contributed by atoms with van der Waals surface area (Å²) in [5, 5.41) is 32.5. The first kappa shape index (κ1) is 21.2. The third-order valence-corrected chi connectivity index (χ3v) is 5.72. The highest BCUT2D eigenvalue weighted by atomic mass is 32.1. The van der Waals surface area contributed by atoms with Crippen LogP contribution in [0, 0.1) is 5.92 Å². The van der Waals surface area contributed by atoms with Crippen LogP contribution in [0.4, 0.5) is 0 Å². The lowest BCUT2D eigenvalue weighted by Gasteiger charge is -2.24. The zero-order valence-corrected chi connectivity index (χ0v) is 16.8. The van der Waals surface area contributed by atoms with Gasteiger partial charge in [-0.3, -0.25) is 4.98 Å². The van der Waals surface area contributed by atoms with Crippen molar-refractivity contribution in [2.45, 2.75) is 31.7 Å². The maximum atomic E-state index is 10.8. The van der Waals surface area contributed by atoms with Gasteiger partial charge in [0.15, 0.2) is 0 Å². The molecule has 29 heavy (non-hydrogen) atoms. The molecule has 0 saturated heterocycles. The number of nitrogens with zero attached hydrogens (tertiary/aromatic N) is 1. The van der Waals surface area contributed by atoms with Crippen LogP contribution in [-0.2, 0) is 6.61 Å². The molecule has 0 aliphatic heterocycles. The van der Waals surface area contributed by atoms with Gasteiger partial charge in [0.25, 0.3) is 0 Å². The predicted molar refractivity (Wildman–Crippen MR) is 115 cm³/mol. The quantitative estimate of drug-likeness (QED) is 0.429. The van der Waals surface area contributed by atoms with Crippen LogP contribution < -0.4 is 0 Å². The molecule has 0 saturated carbocycles. The second-order valence-electron chi connectivity index (χ2n) is 6.73. The van der Waals surface area contributed by atoms with E-state index in [0.717, 1.165) is 16.1 Å². The van der Waals surface area contributed by atoms with Crippen LogP contribution in [0.15, 0.2) is 71.1 Å². The number of aliphatic hydroxyl groups is 3. The van der Waals surface area contributed by atoms with E-state index in [4.69, 9.17) is 4.42 Å². The number of furan rings is 1. The maximum Gasteiger partial charge on any atom is 0.130 e. The highest BCUT2D eigenvalue weighted by Gasteiger charge is 2.26. The molecule has 0 spiro atoms. The SMILES string of the molecule is C=C[C@H]([C@H](O)CC/C(=C/c1ccc(CO)o1)c1ccccn1)[C@H](O)c1cccs1. The summed E-state index contributed by atoms with van der Waals surface area (Å²) in [7, 11) is 0. The first-order chi connectivity index (χ1) is 14.1. The minimum Gasteiger partial charge on any atom is -0.459 e. The minimum atomic E-state index is -0.790. The van der Waals surface area contributed by atoms with Crippen molar-refractivity contribution < 1.29 is 19.7 Å². The maximum absolute atomic E-state index is 10.8. The Labute approximate surface area is 174 Å². The Hall–Kier alpha value is -2.51. The fourth-order valence-corrected chi connectivity index (χ4v) is 3.97. The number of aromatic nitrogens is 1. The van der Waals surface area contributed by atoms with Gasteiger partial charge in [0, 0.05) is 17.0 Å². The van der Waals surface area contributed by atoms with Crippen molar-refractivity contribution in [1.29, 1.82) is 0 Å². The average molecular weight is 412 g/mol. The summed E-state index contributed by atoms with van der Waals surface area (Å²) in [4.78, 5) is 5.22. The third-order valence-electron chi connectivity index (χ3n) is 4.77. The lowest BCUT2D eigenvalue weighted by atomic mass is 9.90. The molecule has 6 heteroatoms. The van der Waals surface area contributed by atoms with Crippen LogP contribution in [-0.4, -0.2) is 26.4 Å². The van der Waals surface area contributed by atoms with Gasteiger partial charge in [-0.15, -0.1) is 17.9 Å². The summed E-state index contributed by atoms with van der Waals surface area (Å²) < 4.78 is 5.58. The fourth-order valence-electron chi connectivity index (χ4n) is 3.20. The highest BCUT2D eigenvalue weighted by molar-refractivity contribution is 7.10. The highest BCUT2D eigenvalue weighted by Crippen LogP contribution is 2.32. The Morgan fingerprint density at radius 2 is 2.03 bits per heavy atom. The smallest absolute Gasteiger partial charge is 0.130 e. The van der Waals surface area contributed by atoms with Gasteiger partial charge in [-0.2, -0.15) is 0 Å². The second-order valence-corrected chi connectivity index (χ2v) is 7.71. The van der Waals surface area contributed by atoms with Crippen molar-refractivity contribution in [1.82, 2.24) is 4.98 Å². The van der Waals surface area contributed by atoms with Crippen LogP contribution in [0.3, 0.4) is 0 Å². The molecule has 0 amide bonds. The van der Waals surface area contributed by atoms with Crippen LogP contribution in [0.5, 0.6) is 0 Å². The topological polar surface area (TPSA) is 86.7 Å². The van der Waals surface area contributed by atoms with Gasteiger partial charge in [-0.1, -0.05) is 18.2 Å². The second kappa shape index (κ2) is 10.3. The normalized spacial score (nSPS) is 15.1. The molecule has 3 atom stereocenters. The number of rotatable bonds is 10. The molecule has 3 aromatic heterocycles. The molecule has 3 aromatic rings. The third kappa shape index (κ3) is 5.52. The van der Waals surface area contributed by atoms with Crippen LogP contribution in [0.25, 0.3) is 11.6 Å². The van der Waals surface area contributed by atoms with Gasteiger partial charge in [-0.05, 0) is 60.2 Å². The van der Waals surface area contributed by atoms with Crippen LogP contribution in [0.1, 0.15) is 41.0 Å². The zero-order chi connectivity index (χ0) is 20.6.